The molecule has 30 heavy (non-hydrogen) atoms. The number of phenols is 2. The van der Waals surface area contributed by atoms with E-state index in [2.05, 4.69) is 5.32 Å². The van der Waals surface area contributed by atoms with Crippen LogP contribution in [0.4, 0.5) is 11.4 Å². The number of halogens is 1. The maximum Gasteiger partial charge on any atom is 0.266 e. The van der Waals surface area contributed by atoms with Crippen LogP contribution in [-0.2, 0) is 0 Å². The number of aryl methyl sites for hydroxylation is 1. The smallest absolute Gasteiger partial charge is 0.266 e. The number of carbonyl (C=O) groups is 2. The standard InChI is InChI=1S/C22H15ClN2O4S/c1-11-8-13(24-20(30)16-6-4-14(26)10-19(16)27)3-7-18(11)25-21(28)15-5-2-12(23)9-17(15)22(25)29/h2-10,26-27H,1H3,(H,24,30). The Hall–Kier alpha value is -3.42. The van der Waals surface area contributed by atoms with Crippen LogP contribution in [0.5, 0.6) is 11.5 Å². The minimum Gasteiger partial charge on any atom is -0.508 e. The number of benzene rings is 3. The van der Waals surface area contributed by atoms with Crippen LogP contribution in [-0.4, -0.2) is 27.0 Å². The molecule has 150 valence electrons. The first kappa shape index (κ1) is 19.9. The Balaban J connectivity index is 1.60. The number of carbonyl (C=O) groups excluding carboxylic acids is 2. The van der Waals surface area contributed by atoms with Crippen molar-refractivity contribution in [2.75, 3.05) is 10.2 Å². The van der Waals surface area contributed by atoms with E-state index in [4.69, 9.17) is 23.8 Å². The Morgan fingerprint density at radius 1 is 0.967 bits per heavy atom. The number of nitrogens with zero attached hydrogens (tertiary/aromatic N) is 1. The molecule has 0 unspecified atom stereocenters. The number of aromatic hydroxyl groups is 2. The van der Waals surface area contributed by atoms with Gasteiger partial charge in [0.25, 0.3) is 11.8 Å². The first-order chi connectivity index (χ1) is 14.3. The Bertz CT molecular complexity index is 1240. The number of anilines is 2. The molecule has 1 aliphatic rings. The first-order valence-corrected chi connectivity index (χ1v) is 9.67. The topological polar surface area (TPSA) is 89.9 Å². The van der Waals surface area contributed by atoms with Crippen molar-refractivity contribution in [3.63, 3.8) is 0 Å². The number of phenolic OH excluding ortho intramolecular Hbond substituents is 2. The highest BCUT2D eigenvalue weighted by atomic mass is 35.5. The maximum absolute atomic E-state index is 12.8. The molecule has 8 heteroatoms. The second kappa shape index (κ2) is 7.44. The van der Waals surface area contributed by atoms with Gasteiger partial charge in [0.15, 0.2) is 0 Å². The van der Waals surface area contributed by atoms with Crippen LogP contribution in [0.25, 0.3) is 0 Å². The summed E-state index contributed by atoms with van der Waals surface area (Å²) in [5.41, 5.74) is 2.71. The molecule has 0 atom stereocenters. The van der Waals surface area contributed by atoms with Crippen LogP contribution in [0.3, 0.4) is 0 Å². The normalized spacial score (nSPS) is 12.8. The molecule has 3 N–H and O–H groups in total. The van der Waals surface area contributed by atoms with E-state index in [1.54, 1.807) is 37.3 Å². The van der Waals surface area contributed by atoms with Gasteiger partial charge in [0.1, 0.15) is 16.5 Å². The fourth-order valence-corrected chi connectivity index (χ4v) is 3.79. The molecule has 6 nitrogen and oxygen atoms in total. The van der Waals surface area contributed by atoms with Crippen LogP contribution in [0.1, 0.15) is 31.8 Å². The van der Waals surface area contributed by atoms with Gasteiger partial charge in [-0.05, 0) is 61.0 Å². The first-order valence-electron chi connectivity index (χ1n) is 8.88. The molecule has 0 radical (unpaired) electrons. The molecule has 3 aromatic carbocycles. The summed E-state index contributed by atoms with van der Waals surface area (Å²) in [6.07, 6.45) is 0. The van der Waals surface area contributed by atoms with E-state index < -0.39 is 11.8 Å². The van der Waals surface area contributed by atoms with Gasteiger partial charge in [-0.1, -0.05) is 23.8 Å². The molecule has 0 saturated heterocycles. The van der Waals surface area contributed by atoms with E-state index in [0.717, 1.165) is 4.90 Å². The van der Waals surface area contributed by atoms with E-state index in [0.29, 0.717) is 33.1 Å². The second-order valence-corrected chi connectivity index (χ2v) is 7.64. The molecular weight excluding hydrogens is 424 g/mol. The monoisotopic (exact) mass is 438 g/mol. The molecule has 0 saturated carbocycles. The summed E-state index contributed by atoms with van der Waals surface area (Å²) >= 11 is 11.3. The number of thiocarbonyl (C=S) groups is 1. The van der Waals surface area contributed by atoms with Crippen molar-refractivity contribution in [2.24, 2.45) is 0 Å². The number of imide groups is 1. The van der Waals surface area contributed by atoms with Crippen molar-refractivity contribution in [3.05, 3.63) is 81.9 Å². The van der Waals surface area contributed by atoms with Crippen molar-refractivity contribution >= 4 is 52.0 Å². The Labute approximate surface area is 182 Å². The summed E-state index contributed by atoms with van der Waals surface area (Å²) in [5.74, 6) is -1.04. The molecule has 0 aliphatic carbocycles. The molecule has 3 aromatic rings. The highest BCUT2D eigenvalue weighted by molar-refractivity contribution is 7.81. The third kappa shape index (κ3) is 3.38. The van der Waals surface area contributed by atoms with Gasteiger partial charge in [0.05, 0.1) is 22.4 Å². The Morgan fingerprint density at radius 2 is 1.70 bits per heavy atom. The van der Waals surface area contributed by atoms with Gasteiger partial charge in [-0.3, -0.25) is 9.59 Å². The lowest BCUT2D eigenvalue weighted by atomic mass is 10.1. The zero-order valence-corrected chi connectivity index (χ0v) is 17.2. The number of rotatable bonds is 3. The van der Waals surface area contributed by atoms with Crippen molar-refractivity contribution in [1.82, 2.24) is 0 Å². The fourth-order valence-electron chi connectivity index (χ4n) is 3.33. The molecule has 4 rings (SSSR count). The molecule has 0 aromatic heterocycles. The zero-order chi connectivity index (χ0) is 21.6. The van der Waals surface area contributed by atoms with Crippen molar-refractivity contribution in [3.8, 4) is 11.5 Å². The lowest BCUT2D eigenvalue weighted by molar-refractivity contribution is 0.0926. The highest BCUT2D eigenvalue weighted by Crippen LogP contribution is 2.33. The number of hydrogen-bond acceptors (Lipinski definition) is 5. The number of amides is 2. The number of nitrogens with one attached hydrogen (secondary N) is 1. The van der Waals surface area contributed by atoms with Gasteiger partial charge in [-0.2, -0.15) is 0 Å². The summed E-state index contributed by atoms with van der Waals surface area (Å²) in [6, 6.07) is 13.8. The molecule has 0 fully saturated rings. The van der Waals surface area contributed by atoms with Crippen LogP contribution in [0, 0.1) is 6.92 Å². The van der Waals surface area contributed by atoms with Crippen LogP contribution < -0.4 is 10.2 Å². The van der Waals surface area contributed by atoms with Gasteiger partial charge in [-0.25, -0.2) is 4.90 Å². The van der Waals surface area contributed by atoms with Crippen molar-refractivity contribution < 1.29 is 19.8 Å². The minimum absolute atomic E-state index is 0.0681. The fraction of sp³-hybridized carbons (Fsp3) is 0.0455. The van der Waals surface area contributed by atoms with E-state index in [-0.39, 0.29) is 22.1 Å². The molecule has 2 amide bonds. The van der Waals surface area contributed by atoms with Crippen LogP contribution in [0.2, 0.25) is 5.02 Å². The minimum atomic E-state index is -0.425. The molecule has 0 bridgehead atoms. The lowest BCUT2D eigenvalue weighted by Crippen LogP contribution is -2.30. The average Bonchev–Trinajstić information content (AvgIpc) is 2.92. The van der Waals surface area contributed by atoms with Gasteiger partial charge in [0, 0.05) is 16.8 Å². The predicted octanol–water partition coefficient (Wildman–Crippen LogP) is 4.65. The second-order valence-electron chi connectivity index (χ2n) is 6.79. The van der Waals surface area contributed by atoms with Gasteiger partial charge in [-0.15, -0.1) is 0 Å². The highest BCUT2D eigenvalue weighted by Gasteiger charge is 2.37. The lowest BCUT2D eigenvalue weighted by Gasteiger charge is -2.18. The zero-order valence-electron chi connectivity index (χ0n) is 15.6. The van der Waals surface area contributed by atoms with Gasteiger partial charge < -0.3 is 15.5 Å². The molecule has 1 aliphatic heterocycles. The van der Waals surface area contributed by atoms with Crippen molar-refractivity contribution in [2.45, 2.75) is 6.92 Å². The predicted molar refractivity (Wildman–Crippen MR) is 119 cm³/mol. The maximum atomic E-state index is 12.8. The average molecular weight is 439 g/mol. The largest absolute Gasteiger partial charge is 0.508 e. The molecule has 0 spiro atoms. The summed E-state index contributed by atoms with van der Waals surface area (Å²) in [4.78, 5) is 26.9. The third-order valence-corrected chi connectivity index (χ3v) is 5.33. The summed E-state index contributed by atoms with van der Waals surface area (Å²) in [6.45, 7) is 1.78. The van der Waals surface area contributed by atoms with Crippen molar-refractivity contribution in [1.29, 1.82) is 0 Å². The number of fused-ring (bicyclic) bond motifs is 1. The Kier molecular flexibility index (Phi) is 4.93. The van der Waals surface area contributed by atoms with E-state index in [1.165, 1.54) is 24.3 Å². The molecule has 1 heterocycles. The van der Waals surface area contributed by atoms with E-state index in [9.17, 15) is 19.8 Å². The quantitative estimate of drug-likeness (QED) is 0.407. The van der Waals surface area contributed by atoms with E-state index >= 15 is 0 Å². The summed E-state index contributed by atoms with van der Waals surface area (Å²) in [7, 11) is 0. The number of hydrogen-bond donors (Lipinski definition) is 3. The molecular formula is C22H15ClN2O4S. The summed E-state index contributed by atoms with van der Waals surface area (Å²) in [5, 5.41) is 22.8. The SMILES string of the molecule is Cc1cc(NC(=S)c2ccc(O)cc2O)ccc1N1C(=O)c2ccc(Cl)cc2C1=O. The Morgan fingerprint density at radius 3 is 2.40 bits per heavy atom. The van der Waals surface area contributed by atoms with E-state index in [1.807, 2.05) is 0 Å². The van der Waals surface area contributed by atoms with Gasteiger partial charge in [0.2, 0.25) is 0 Å². The van der Waals surface area contributed by atoms with Crippen LogP contribution in [0.15, 0.2) is 54.6 Å². The third-order valence-electron chi connectivity index (χ3n) is 4.77. The summed E-state index contributed by atoms with van der Waals surface area (Å²) < 4.78 is 0. The van der Waals surface area contributed by atoms with Crippen LogP contribution >= 0.6 is 23.8 Å². The van der Waals surface area contributed by atoms with Gasteiger partial charge >= 0.3 is 0 Å².